The Hall–Kier alpha value is -3.01. The summed E-state index contributed by atoms with van der Waals surface area (Å²) in [7, 11) is -1.46. The summed E-state index contributed by atoms with van der Waals surface area (Å²) in [6.07, 6.45) is 4.73. The van der Waals surface area contributed by atoms with Crippen LogP contribution in [0.5, 0.6) is 0 Å². The van der Waals surface area contributed by atoms with Crippen molar-refractivity contribution in [1.82, 2.24) is 9.88 Å². The van der Waals surface area contributed by atoms with Gasteiger partial charge in [-0.05, 0) is 87.6 Å². The molecule has 2 fully saturated rings. The largest absolute Gasteiger partial charge is 0.346 e. The zero-order chi connectivity index (χ0) is 26.4. The van der Waals surface area contributed by atoms with Gasteiger partial charge in [0.1, 0.15) is 15.7 Å². The Morgan fingerprint density at radius 2 is 1.67 bits per heavy atom. The number of amides is 2. The highest BCUT2D eigenvalue weighted by Crippen LogP contribution is 2.45. The molecular weight excluding hydrogens is 485 g/mol. The van der Waals surface area contributed by atoms with E-state index in [1.54, 1.807) is 31.5 Å². The summed E-state index contributed by atoms with van der Waals surface area (Å²) in [5, 5.41) is 5.17. The van der Waals surface area contributed by atoms with E-state index in [0.29, 0.717) is 53.8 Å². The number of rotatable bonds is 7. The Balaban J connectivity index is 1.55. The maximum Gasteiger partial charge on any atom is 0.294 e. The SMILES string of the molecule is Cc1cc(NC(=O)c2c(C3CC3)c(C(=O)C(=O)NC3CCC(S(C)(=O)=O)CC3)n(C)c2C)ccc1F. The molecule has 36 heavy (non-hydrogen) atoms. The molecule has 0 atom stereocenters. The zero-order valence-electron chi connectivity index (χ0n) is 21.0. The summed E-state index contributed by atoms with van der Waals surface area (Å²) >= 11 is 0. The number of carbonyl (C=O) groups is 3. The van der Waals surface area contributed by atoms with Gasteiger partial charge in [-0.2, -0.15) is 0 Å². The molecule has 2 N–H and O–H groups in total. The number of nitrogens with zero attached hydrogens (tertiary/aromatic N) is 1. The maximum absolute atomic E-state index is 13.6. The number of hydrogen-bond donors (Lipinski definition) is 2. The molecule has 2 aromatic rings. The number of sulfone groups is 1. The highest BCUT2D eigenvalue weighted by atomic mass is 32.2. The van der Waals surface area contributed by atoms with Crippen LogP contribution in [-0.4, -0.2) is 48.1 Å². The highest BCUT2D eigenvalue weighted by Gasteiger charge is 2.39. The fraction of sp³-hybridized carbons (Fsp3) is 0.500. The van der Waals surface area contributed by atoms with Crippen LogP contribution in [0.25, 0.3) is 0 Å². The number of aryl methyl sites for hydroxylation is 1. The number of hydrogen-bond acceptors (Lipinski definition) is 5. The van der Waals surface area contributed by atoms with Crippen molar-refractivity contribution in [2.75, 3.05) is 11.6 Å². The number of benzene rings is 1. The van der Waals surface area contributed by atoms with Crippen LogP contribution < -0.4 is 10.6 Å². The third kappa shape index (κ3) is 5.23. The molecule has 1 aromatic carbocycles. The highest BCUT2D eigenvalue weighted by molar-refractivity contribution is 7.91. The van der Waals surface area contributed by atoms with Crippen molar-refractivity contribution >= 4 is 33.1 Å². The van der Waals surface area contributed by atoms with Crippen molar-refractivity contribution < 1.29 is 27.2 Å². The Morgan fingerprint density at radius 1 is 1.03 bits per heavy atom. The molecule has 194 valence electrons. The fourth-order valence-corrected chi connectivity index (χ4v) is 6.20. The summed E-state index contributed by atoms with van der Waals surface area (Å²) in [5.74, 6) is -2.22. The molecule has 10 heteroatoms. The molecular formula is C26H32FN3O5S. The molecule has 2 saturated carbocycles. The van der Waals surface area contributed by atoms with E-state index in [9.17, 15) is 27.2 Å². The quantitative estimate of drug-likeness (QED) is 0.431. The number of Topliss-reactive ketones (excluding diaryl/α,β-unsaturated/α-hetero) is 1. The first-order chi connectivity index (χ1) is 16.9. The number of ketones is 1. The monoisotopic (exact) mass is 517 g/mol. The van der Waals surface area contributed by atoms with Gasteiger partial charge in [-0.15, -0.1) is 0 Å². The van der Waals surface area contributed by atoms with Gasteiger partial charge in [0, 0.05) is 30.7 Å². The van der Waals surface area contributed by atoms with E-state index in [0.717, 1.165) is 12.8 Å². The number of nitrogens with one attached hydrogen (secondary N) is 2. The minimum absolute atomic E-state index is 0.0116. The van der Waals surface area contributed by atoms with Gasteiger partial charge in [0.2, 0.25) is 0 Å². The van der Waals surface area contributed by atoms with Crippen LogP contribution >= 0.6 is 0 Å². The standard InChI is InChI=1S/C26H32FN3O5S/c1-14-13-18(9-12-20(14)27)29-25(32)21-15(2)30(3)23(22(21)16-5-6-16)24(31)26(33)28-17-7-10-19(11-8-17)36(4,34)35/h9,12-13,16-17,19H,5-8,10-11H2,1-4H3,(H,28,33)(H,29,32). The fourth-order valence-electron chi connectivity index (χ4n) is 5.07. The molecule has 1 aromatic heterocycles. The minimum Gasteiger partial charge on any atom is -0.346 e. The summed E-state index contributed by atoms with van der Waals surface area (Å²) in [6.45, 7) is 3.34. The third-order valence-electron chi connectivity index (χ3n) is 7.39. The van der Waals surface area contributed by atoms with Crippen molar-refractivity contribution in [2.24, 2.45) is 7.05 Å². The molecule has 0 bridgehead atoms. The van der Waals surface area contributed by atoms with Gasteiger partial charge >= 0.3 is 0 Å². The van der Waals surface area contributed by atoms with Gasteiger partial charge < -0.3 is 15.2 Å². The van der Waals surface area contributed by atoms with Gasteiger partial charge in [-0.3, -0.25) is 14.4 Å². The number of carbonyl (C=O) groups excluding carboxylic acids is 3. The first-order valence-corrected chi connectivity index (χ1v) is 14.1. The lowest BCUT2D eigenvalue weighted by atomic mass is 9.94. The van der Waals surface area contributed by atoms with E-state index in [2.05, 4.69) is 10.6 Å². The topological polar surface area (TPSA) is 114 Å². The predicted molar refractivity (Wildman–Crippen MR) is 135 cm³/mol. The van der Waals surface area contributed by atoms with Crippen molar-refractivity contribution in [2.45, 2.75) is 69.6 Å². The smallest absolute Gasteiger partial charge is 0.294 e. The van der Waals surface area contributed by atoms with E-state index in [1.807, 2.05) is 0 Å². The van der Waals surface area contributed by atoms with Crippen LogP contribution in [0.3, 0.4) is 0 Å². The third-order valence-corrected chi connectivity index (χ3v) is 9.07. The molecule has 2 aliphatic carbocycles. The van der Waals surface area contributed by atoms with Gasteiger partial charge in [-0.25, -0.2) is 12.8 Å². The molecule has 2 aliphatic rings. The van der Waals surface area contributed by atoms with Gasteiger partial charge in [0.15, 0.2) is 0 Å². The predicted octanol–water partition coefficient (Wildman–Crippen LogP) is 3.57. The summed E-state index contributed by atoms with van der Waals surface area (Å²) in [4.78, 5) is 39.6. The van der Waals surface area contributed by atoms with Crippen LogP contribution in [0.4, 0.5) is 10.1 Å². The summed E-state index contributed by atoms with van der Waals surface area (Å²) in [6, 6.07) is 4.04. The lowest BCUT2D eigenvalue weighted by molar-refractivity contribution is -0.117. The average Bonchev–Trinajstić information content (AvgIpc) is 3.61. The van der Waals surface area contributed by atoms with Crippen LogP contribution in [0.1, 0.15) is 82.1 Å². The molecule has 0 unspecified atom stereocenters. The second-order valence-electron chi connectivity index (χ2n) is 10.1. The van der Waals surface area contributed by atoms with E-state index in [4.69, 9.17) is 0 Å². The van der Waals surface area contributed by atoms with E-state index in [1.165, 1.54) is 18.4 Å². The van der Waals surface area contributed by atoms with Gasteiger partial charge in [0.05, 0.1) is 16.5 Å². The van der Waals surface area contributed by atoms with Crippen LogP contribution in [-0.2, 0) is 21.7 Å². The second kappa shape index (κ2) is 9.80. The summed E-state index contributed by atoms with van der Waals surface area (Å²) < 4.78 is 38.8. The number of aromatic nitrogens is 1. The van der Waals surface area contributed by atoms with Crippen molar-refractivity contribution in [1.29, 1.82) is 0 Å². The zero-order valence-corrected chi connectivity index (χ0v) is 21.8. The van der Waals surface area contributed by atoms with Crippen molar-refractivity contribution in [3.05, 3.63) is 52.1 Å². The van der Waals surface area contributed by atoms with Crippen LogP contribution in [0.2, 0.25) is 0 Å². The summed E-state index contributed by atoms with van der Waals surface area (Å²) in [5.41, 5.74) is 2.56. The lowest BCUT2D eigenvalue weighted by Gasteiger charge is -2.27. The number of anilines is 1. The minimum atomic E-state index is -3.13. The first-order valence-electron chi connectivity index (χ1n) is 12.2. The van der Waals surface area contributed by atoms with Crippen molar-refractivity contribution in [3.63, 3.8) is 0 Å². The van der Waals surface area contributed by atoms with E-state index < -0.39 is 32.7 Å². The average molecular weight is 518 g/mol. The molecule has 1 heterocycles. The lowest BCUT2D eigenvalue weighted by Crippen LogP contribution is -2.43. The number of halogens is 1. The normalized spacial score (nSPS) is 20.1. The van der Waals surface area contributed by atoms with Gasteiger partial charge in [0.25, 0.3) is 17.6 Å². The Bertz CT molecular complexity index is 1340. The van der Waals surface area contributed by atoms with Crippen LogP contribution in [0.15, 0.2) is 18.2 Å². The van der Waals surface area contributed by atoms with Crippen LogP contribution in [0, 0.1) is 19.7 Å². The first kappa shape index (κ1) is 26.1. The van der Waals surface area contributed by atoms with Crippen molar-refractivity contribution in [3.8, 4) is 0 Å². The molecule has 0 radical (unpaired) electrons. The molecule has 0 spiro atoms. The molecule has 8 nitrogen and oxygen atoms in total. The van der Waals surface area contributed by atoms with E-state index in [-0.39, 0.29) is 23.5 Å². The Kier molecular flexibility index (Phi) is 7.10. The molecule has 0 aliphatic heterocycles. The Morgan fingerprint density at radius 3 is 2.22 bits per heavy atom. The maximum atomic E-state index is 13.6. The molecule has 4 rings (SSSR count). The van der Waals surface area contributed by atoms with Gasteiger partial charge in [-0.1, -0.05) is 0 Å². The molecule has 2 amide bonds. The Labute approximate surface area is 210 Å². The molecule has 0 saturated heterocycles. The van der Waals surface area contributed by atoms with E-state index >= 15 is 0 Å². The second-order valence-corrected chi connectivity index (χ2v) is 12.4.